The Balaban J connectivity index is 2.63. The van der Waals surface area contributed by atoms with E-state index in [0.717, 1.165) is 0 Å². The highest BCUT2D eigenvalue weighted by Gasteiger charge is 2.40. The van der Waals surface area contributed by atoms with Crippen molar-refractivity contribution in [2.24, 2.45) is 0 Å². The van der Waals surface area contributed by atoms with Gasteiger partial charge in [-0.2, -0.15) is 0 Å². The lowest BCUT2D eigenvalue weighted by atomic mass is 9.94. The zero-order valence-electron chi connectivity index (χ0n) is 7.34. The normalized spacial score (nSPS) is 49.2. The molecule has 0 spiro atoms. The van der Waals surface area contributed by atoms with E-state index in [1.165, 1.54) is 0 Å². The standard InChI is InChI=1S/C8H16O4/c1-3-5-7(10)8(11)6(9)4(2)12-5/h4-11H,3H2,1-2H3/t4?,5-,6+,7-,8-/m1/s1. The summed E-state index contributed by atoms with van der Waals surface area (Å²) in [4.78, 5) is 0. The molecule has 0 aliphatic carbocycles. The van der Waals surface area contributed by atoms with Crippen LogP contribution in [0.15, 0.2) is 0 Å². The Morgan fingerprint density at radius 3 is 2.17 bits per heavy atom. The second-order valence-corrected chi connectivity index (χ2v) is 3.26. The third kappa shape index (κ3) is 1.61. The molecule has 1 unspecified atom stereocenters. The van der Waals surface area contributed by atoms with Gasteiger partial charge in [-0.05, 0) is 13.3 Å². The molecule has 0 aromatic carbocycles. The fraction of sp³-hybridized carbons (Fsp3) is 1.00. The van der Waals surface area contributed by atoms with Crippen LogP contribution >= 0.6 is 0 Å². The summed E-state index contributed by atoms with van der Waals surface area (Å²) in [5.41, 5.74) is 0. The second-order valence-electron chi connectivity index (χ2n) is 3.26. The lowest BCUT2D eigenvalue weighted by molar-refractivity contribution is -0.217. The Hall–Kier alpha value is -0.160. The van der Waals surface area contributed by atoms with Gasteiger partial charge in [0.25, 0.3) is 0 Å². The lowest BCUT2D eigenvalue weighted by Gasteiger charge is -2.39. The number of aliphatic hydroxyl groups excluding tert-OH is 3. The number of aliphatic hydroxyl groups is 3. The maximum absolute atomic E-state index is 9.39. The third-order valence-electron chi connectivity index (χ3n) is 2.35. The zero-order chi connectivity index (χ0) is 9.30. The van der Waals surface area contributed by atoms with Gasteiger partial charge in [-0.25, -0.2) is 0 Å². The highest BCUT2D eigenvalue weighted by atomic mass is 16.5. The maximum Gasteiger partial charge on any atom is 0.111 e. The first kappa shape index (κ1) is 9.92. The molecular weight excluding hydrogens is 160 g/mol. The Labute approximate surface area is 71.8 Å². The summed E-state index contributed by atoms with van der Waals surface area (Å²) in [6, 6.07) is 0. The van der Waals surface area contributed by atoms with Crippen molar-refractivity contribution < 1.29 is 20.1 Å². The van der Waals surface area contributed by atoms with Crippen molar-refractivity contribution in [3.8, 4) is 0 Å². The molecule has 1 heterocycles. The van der Waals surface area contributed by atoms with Gasteiger partial charge in [0.05, 0.1) is 12.2 Å². The predicted octanol–water partition coefficient (Wildman–Crippen LogP) is -0.734. The van der Waals surface area contributed by atoms with Crippen LogP contribution in [0.1, 0.15) is 20.3 Å². The molecule has 1 rings (SSSR count). The predicted molar refractivity (Wildman–Crippen MR) is 42.6 cm³/mol. The summed E-state index contributed by atoms with van der Waals surface area (Å²) in [5.74, 6) is 0. The highest BCUT2D eigenvalue weighted by molar-refractivity contribution is 4.89. The van der Waals surface area contributed by atoms with Gasteiger partial charge in [0.2, 0.25) is 0 Å². The molecule has 1 fully saturated rings. The lowest BCUT2D eigenvalue weighted by Crippen LogP contribution is -2.56. The molecule has 3 N–H and O–H groups in total. The summed E-state index contributed by atoms with van der Waals surface area (Å²) >= 11 is 0. The van der Waals surface area contributed by atoms with E-state index in [1.54, 1.807) is 6.92 Å². The minimum atomic E-state index is -1.08. The van der Waals surface area contributed by atoms with Crippen LogP contribution in [0.2, 0.25) is 0 Å². The van der Waals surface area contributed by atoms with Crippen LogP contribution in [0, 0.1) is 0 Å². The molecule has 0 amide bonds. The van der Waals surface area contributed by atoms with Crippen molar-refractivity contribution in [1.82, 2.24) is 0 Å². The number of hydrogen-bond acceptors (Lipinski definition) is 4. The molecule has 72 valence electrons. The quantitative estimate of drug-likeness (QED) is 0.492. The van der Waals surface area contributed by atoms with Crippen LogP contribution in [0.5, 0.6) is 0 Å². The molecule has 1 aliphatic rings. The molecule has 1 aliphatic heterocycles. The van der Waals surface area contributed by atoms with E-state index in [0.29, 0.717) is 6.42 Å². The van der Waals surface area contributed by atoms with Gasteiger partial charge < -0.3 is 20.1 Å². The Morgan fingerprint density at radius 1 is 1.08 bits per heavy atom. The fourth-order valence-corrected chi connectivity index (χ4v) is 1.47. The second kappa shape index (κ2) is 3.70. The van der Waals surface area contributed by atoms with Gasteiger partial charge >= 0.3 is 0 Å². The van der Waals surface area contributed by atoms with Crippen LogP contribution in [0.25, 0.3) is 0 Å². The minimum absolute atomic E-state index is 0.363. The van der Waals surface area contributed by atoms with Crippen LogP contribution in [0.3, 0.4) is 0 Å². The average Bonchev–Trinajstić information content (AvgIpc) is 2.08. The first-order chi connectivity index (χ1) is 5.57. The molecule has 4 nitrogen and oxygen atoms in total. The first-order valence-electron chi connectivity index (χ1n) is 4.27. The van der Waals surface area contributed by atoms with Crippen molar-refractivity contribution in [3.05, 3.63) is 0 Å². The smallest absolute Gasteiger partial charge is 0.111 e. The Morgan fingerprint density at radius 2 is 1.67 bits per heavy atom. The van der Waals surface area contributed by atoms with Crippen molar-refractivity contribution in [1.29, 1.82) is 0 Å². The van der Waals surface area contributed by atoms with E-state index in [-0.39, 0.29) is 6.10 Å². The molecule has 1 saturated heterocycles. The summed E-state index contributed by atoms with van der Waals surface area (Å²) in [6.45, 7) is 3.55. The Bertz CT molecular complexity index is 145. The van der Waals surface area contributed by atoms with Crippen LogP contribution < -0.4 is 0 Å². The fourth-order valence-electron chi connectivity index (χ4n) is 1.47. The summed E-state index contributed by atoms with van der Waals surface area (Å²) < 4.78 is 5.27. The summed E-state index contributed by atoms with van der Waals surface area (Å²) in [7, 11) is 0. The van der Waals surface area contributed by atoms with E-state index in [4.69, 9.17) is 4.74 Å². The first-order valence-corrected chi connectivity index (χ1v) is 4.27. The highest BCUT2D eigenvalue weighted by Crippen LogP contribution is 2.22. The molecule has 0 aromatic rings. The van der Waals surface area contributed by atoms with Gasteiger partial charge in [0.15, 0.2) is 0 Å². The van der Waals surface area contributed by atoms with E-state index in [2.05, 4.69) is 0 Å². The van der Waals surface area contributed by atoms with Crippen molar-refractivity contribution >= 4 is 0 Å². The van der Waals surface area contributed by atoms with Crippen LogP contribution in [-0.4, -0.2) is 45.8 Å². The minimum Gasteiger partial charge on any atom is -0.388 e. The van der Waals surface area contributed by atoms with Crippen molar-refractivity contribution in [3.63, 3.8) is 0 Å². The molecular formula is C8H16O4. The van der Waals surface area contributed by atoms with Gasteiger partial charge in [-0.1, -0.05) is 6.92 Å². The van der Waals surface area contributed by atoms with Gasteiger partial charge in [-0.3, -0.25) is 0 Å². The molecule has 0 saturated carbocycles. The van der Waals surface area contributed by atoms with Gasteiger partial charge in [0, 0.05) is 0 Å². The van der Waals surface area contributed by atoms with E-state index < -0.39 is 24.4 Å². The molecule has 12 heavy (non-hydrogen) atoms. The van der Waals surface area contributed by atoms with Gasteiger partial charge in [-0.15, -0.1) is 0 Å². The number of rotatable bonds is 1. The zero-order valence-corrected chi connectivity index (χ0v) is 7.34. The monoisotopic (exact) mass is 176 g/mol. The van der Waals surface area contributed by atoms with Crippen molar-refractivity contribution in [2.45, 2.75) is 50.8 Å². The average molecular weight is 176 g/mol. The maximum atomic E-state index is 9.39. The molecule has 4 heteroatoms. The topological polar surface area (TPSA) is 69.9 Å². The third-order valence-corrected chi connectivity index (χ3v) is 2.35. The van der Waals surface area contributed by atoms with Crippen molar-refractivity contribution in [2.75, 3.05) is 0 Å². The SMILES string of the molecule is CC[C@H]1OC(C)[C@H](O)[C@@H](O)[C@@H]1O. The molecule has 0 aromatic heterocycles. The molecule has 0 radical (unpaired) electrons. The van der Waals surface area contributed by atoms with Crippen LogP contribution in [-0.2, 0) is 4.74 Å². The largest absolute Gasteiger partial charge is 0.388 e. The van der Waals surface area contributed by atoms with Crippen LogP contribution in [0.4, 0.5) is 0 Å². The van der Waals surface area contributed by atoms with Gasteiger partial charge in [0.1, 0.15) is 18.3 Å². The van der Waals surface area contributed by atoms with E-state index >= 15 is 0 Å². The number of hydrogen-bond donors (Lipinski definition) is 3. The molecule has 5 atom stereocenters. The summed E-state index contributed by atoms with van der Waals surface area (Å²) in [6.07, 6.45) is -3.18. The molecule has 0 bridgehead atoms. The van der Waals surface area contributed by atoms with E-state index in [1.807, 2.05) is 6.92 Å². The number of ether oxygens (including phenoxy) is 1. The van der Waals surface area contributed by atoms with E-state index in [9.17, 15) is 15.3 Å². The summed E-state index contributed by atoms with van der Waals surface area (Å²) in [5, 5.41) is 28.0. The Kier molecular flexibility index (Phi) is 3.06.